The van der Waals surface area contributed by atoms with Gasteiger partial charge in [-0.2, -0.15) is 0 Å². The van der Waals surface area contributed by atoms with Gasteiger partial charge < -0.3 is 9.64 Å². The van der Waals surface area contributed by atoms with Gasteiger partial charge >= 0.3 is 6.09 Å². The van der Waals surface area contributed by atoms with E-state index in [2.05, 4.69) is 24.3 Å². The standard InChI is InChI=1S/C32H32FNO3/c1-19-14-22(33)15-20(2)30(19)31(35)21-16-23-8-7-9-24(17-21)34(23)32(36)37-18-29-27-12-5-3-10-25(27)26-11-4-6-13-28(26)29/h3-6,10-15,21,23-24,29H,7-9,16-18H2,1-2H3. The quantitative estimate of drug-likeness (QED) is 0.358. The van der Waals surface area contributed by atoms with Crippen LogP contribution in [-0.4, -0.2) is 35.5 Å². The molecule has 2 fully saturated rings. The van der Waals surface area contributed by atoms with Crippen molar-refractivity contribution in [1.29, 1.82) is 0 Å². The number of Topliss-reactive ketones (excluding diaryl/α,β-unsaturated/α-hetero) is 1. The summed E-state index contributed by atoms with van der Waals surface area (Å²) in [6, 6.07) is 19.6. The van der Waals surface area contributed by atoms with Gasteiger partial charge in [0.25, 0.3) is 0 Å². The number of nitrogens with zero attached hydrogens (tertiary/aromatic N) is 1. The minimum Gasteiger partial charge on any atom is -0.448 e. The van der Waals surface area contributed by atoms with E-state index in [1.165, 1.54) is 34.4 Å². The molecule has 0 saturated carbocycles. The second kappa shape index (κ2) is 9.44. The minimum atomic E-state index is -0.312. The van der Waals surface area contributed by atoms with Crippen molar-refractivity contribution in [2.24, 2.45) is 5.92 Å². The lowest BCUT2D eigenvalue weighted by atomic mass is 9.75. The largest absolute Gasteiger partial charge is 0.448 e. The van der Waals surface area contributed by atoms with Gasteiger partial charge in [-0.25, -0.2) is 9.18 Å². The fraction of sp³-hybridized carbons (Fsp3) is 0.375. The van der Waals surface area contributed by atoms with Gasteiger partial charge in [-0.3, -0.25) is 4.79 Å². The third-order valence-corrected chi connectivity index (χ3v) is 8.64. The van der Waals surface area contributed by atoms with Crippen LogP contribution >= 0.6 is 0 Å². The summed E-state index contributed by atoms with van der Waals surface area (Å²) < 4.78 is 19.8. The molecule has 2 heterocycles. The summed E-state index contributed by atoms with van der Waals surface area (Å²) in [5.74, 6) is -0.358. The van der Waals surface area contributed by atoms with Crippen LogP contribution in [0.25, 0.3) is 11.1 Å². The Morgan fingerprint density at radius 2 is 1.43 bits per heavy atom. The second-order valence-corrected chi connectivity index (χ2v) is 10.9. The predicted molar refractivity (Wildman–Crippen MR) is 141 cm³/mol. The first-order valence-electron chi connectivity index (χ1n) is 13.4. The van der Waals surface area contributed by atoms with Gasteiger partial charge in [-0.05, 0) is 91.5 Å². The molecular formula is C32H32FNO3. The maximum Gasteiger partial charge on any atom is 0.410 e. The van der Waals surface area contributed by atoms with Crippen molar-refractivity contribution in [1.82, 2.24) is 4.90 Å². The van der Waals surface area contributed by atoms with E-state index >= 15 is 0 Å². The molecule has 190 valence electrons. The Hall–Kier alpha value is -3.47. The number of hydrogen-bond donors (Lipinski definition) is 0. The van der Waals surface area contributed by atoms with Crippen LogP contribution in [0.2, 0.25) is 0 Å². The molecule has 6 rings (SSSR count). The molecule has 0 radical (unpaired) electrons. The number of fused-ring (bicyclic) bond motifs is 5. The van der Waals surface area contributed by atoms with E-state index in [0.717, 1.165) is 19.3 Å². The Morgan fingerprint density at radius 3 is 2.00 bits per heavy atom. The third kappa shape index (κ3) is 4.14. The molecular weight excluding hydrogens is 465 g/mol. The molecule has 1 amide bonds. The number of aryl methyl sites for hydroxylation is 2. The molecule has 2 saturated heterocycles. The number of carbonyl (C=O) groups is 2. The first kappa shape index (κ1) is 23.9. The van der Waals surface area contributed by atoms with Crippen LogP contribution in [-0.2, 0) is 4.74 Å². The summed E-state index contributed by atoms with van der Waals surface area (Å²) in [4.78, 5) is 28.9. The number of hydrogen-bond acceptors (Lipinski definition) is 3. The number of ketones is 1. The first-order valence-corrected chi connectivity index (χ1v) is 13.4. The summed E-state index contributed by atoms with van der Waals surface area (Å²) in [7, 11) is 0. The Labute approximate surface area is 217 Å². The topological polar surface area (TPSA) is 46.6 Å². The zero-order chi connectivity index (χ0) is 25.7. The summed E-state index contributed by atoms with van der Waals surface area (Å²) in [6.07, 6.45) is 3.82. The SMILES string of the molecule is Cc1cc(F)cc(C)c1C(=O)C1CC2CCCC(C1)N2C(=O)OCC1c2ccccc2-c2ccccc21. The number of ether oxygens (including phenoxy) is 1. The lowest BCUT2D eigenvalue weighted by Gasteiger charge is -2.47. The van der Waals surface area contributed by atoms with Gasteiger partial charge in [0.05, 0.1) is 0 Å². The molecule has 1 aliphatic carbocycles. The third-order valence-electron chi connectivity index (χ3n) is 8.64. The summed E-state index contributed by atoms with van der Waals surface area (Å²) in [5.41, 5.74) is 6.83. The Kier molecular flexibility index (Phi) is 6.10. The fourth-order valence-electron chi connectivity index (χ4n) is 7.07. The number of halogens is 1. The second-order valence-electron chi connectivity index (χ2n) is 10.9. The maximum atomic E-state index is 13.8. The van der Waals surface area contributed by atoms with E-state index in [4.69, 9.17) is 4.74 Å². The normalized spacial score (nSPS) is 22.4. The van der Waals surface area contributed by atoms with Crippen molar-refractivity contribution in [2.45, 2.75) is 64.0 Å². The molecule has 5 heteroatoms. The summed E-state index contributed by atoms with van der Waals surface area (Å²) in [5, 5.41) is 0. The summed E-state index contributed by atoms with van der Waals surface area (Å²) >= 11 is 0. The van der Waals surface area contributed by atoms with Gasteiger partial charge in [0.15, 0.2) is 5.78 Å². The number of benzene rings is 3. The predicted octanol–water partition coefficient (Wildman–Crippen LogP) is 7.21. The van der Waals surface area contributed by atoms with Crippen molar-refractivity contribution < 1.29 is 18.7 Å². The zero-order valence-electron chi connectivity index (χ0n) is 21.4. The average molecular weight is 498 g/mol. The molecule has 0 N–H and O–H groups in total. The smallest absolute Gasteiger partial charge is 0.410 e. The zero-order valence-corrected chi connectivity index (χ0v) is 21.4. The van der Waals surface area contributed by atoms with Crippen LogP contribution in [0.3, 0.4) is 0 Å². The van der Waals surface area contributed by atoms with Crippen molar-refractivity contribution >= 4 is 11.9 Å². The molecule has 2 atom stereocenters. The maximum absolute atomic E-state index is 13.8. The summed E-state index contributed by atoms with van der Waals surface area (Å²) in [6.45, 7) is 3.91. The minimum absolute atomic E-state index is 0.00170. The fourth-order valence-corrected chi connectivity index (χ4v) is 7.07. The molecule has 3 aromatic carbocycles. The van der Waals surface area contributed by atoms with E-state index < -0.39 is 0 Å². The van der Waals surface area contributed by atoms with Crippen molar-refractivity contribution in [3.05, 3.63) is 94.3 Å². The lowest BCUT2D eigenvalue weighted by molar-refractivity contribution is 0.00647. The van der Waals surface area contributed by atoms with Gasteiger partial charge in [-0.1, -0.05) is 48.5 Å². The van der Waals surface area contributed by atoms with Crippen LogP contribution in [0.15, 0.2) is 60.7 Å². The van der Waals surface area contributed by atoms with Gasteiger partial charge in [0, 0.05) is 29.5 Å². The highest BCUT2D eigenvalue weighted by Gasteiger charge is 2.44. The van der Waals surface area contributed by atoms with Crippen molar-refractivity contribution in [2.75, 3.05) is 6.61 Å². The van der Waals surface area contributed by atoms with E-state index in [-0.39, 0.29) is 41.6 Å². The molecule has 0 aromatic heterocycles. The lowest BCUT2D eigenvalue weighted by Crippen LogP contribution is -2.56. The molecule has 0 spiro atoms. The van der Waals surface area contributed by atoms with Gasteiger partial charge in [0.2, 0.25) is 0 Å². The molecule has 2 aliphatic heterocycles. The molecule has 4 nitrogen and oxygen atoms in total. The highest BCUT2D eigenvalue weighted by molar-refractivity contribution is 6.00. The number of amides is 1. The van der Waals surface area contributed by atoms with E-state index in [1.807, 2.05) is 29.2 Å². The van der Waals surface area contributed by atoms with Crippen LogP contribution in [0, 0.1) is 25.6 Å². The van der Waals surface area contributed by atoms with Crippen molar-refractivity contribution in [3.8, 4) is 11.1 Å². The van der Waals surface area contributed by atoms with E-state index in [1.54, 1.807) is 13.8 Å². The monoisotopic (exact) mass is 497 g/mol. The van der Waals surface area contributed by atoms with Crippen molar-refractivity contribution in [3.63, 3.8) is 0 Å². The van der Waals surface area contributed by atoms with Gasteiger partial charge in [-0.15, -0.1) is 0 Å². The number of rotatable bonds is 4. The van der Waals surface area contributed by atoms with Crippen LogP contribution in [0.4, 0.5) is 9.18 Å². The van der Waals surface area contributed by atoms with E-state index in [9.17, 15) is 14.0 Å². The molecule has 3 aliphatic rings. The first-order chi connectivity index (χ1) is 17.9. The van der Waals surface area contributed by atoms with Crippen LogP contribution < -0.4 is 0 Å². The number of piperidine rings is 2. The van der Waals surface area contributed by atoms with E-state index in [0.29, 0.717) is 36.1 Å². The molecule has 2 bridgehead atoms. The molecule has 3 aromatic rings. The molecule has 2 unspecified atom stereocenters. The average Bonchev–Trinajstić information content (AvgIpc) is 3.19. The highest BCUT2D eigenvalue weighted by Crippen LogP contribution is 2.45. The number of carbonyl (C=O) groups excluding carboxylic acids is 2. The van der Waals surface area contributed by atoms with Gasteiger partial charge in [0.1, 0.15) is 12.4 Å². The highest BCUT2D eigenvalue weighted by atomic mass is 19.1. The Bertz CT molecular complexity index is 1300. The Balaban J connectivity index is 1.18. The Morgan fingerprint density at radius 1 is 0.892 bits per heavy atom. The molecule has 37 heavy (non-hydrogen) atoms. The van der Waals surface area contributed by atoms with Crippen LogP contribution in [0.1, 0.15) is 70.6 Å². The van der Waals surface area contributed by atoms with Crippen LogP contribution in [0.5, 0.6) is 0 Å².